The second-order valence-corrected chi connectivity index (χ2v) is 4.38. The van der Waals surface area contributed by atoms with Gasteiger partial charge in [0.25, 0.3) is 0 Å². The fraction of sp³-hybridized carbons (Fsp3) is 0.188. The maximum absolute atomic E-state index is 10.4. The fourth-order valence-electron chi connectivity index (χ4n) is 1.77. The highest BCUT2D eigenvalue weighted by atomic mass is 16.5. The van der Waals surface area contributed by atoms with Crippen LogP contribution in [0.2, 0.25) is 0 Å². The zero-order chi connectivity index (χ0) is 14.2. The highest BCUT2D eigenvalue weighted by Crippen LogP contribution is 2.21. The molecule has 0 aliphatic carbocycles. The highest BCUT2D eigenvalue weighted by molar-refractivity contribution is 5.66. The summed E-state index contributed by atoms with van der Waals surface area (Å²) in [6.45, 7) is 1.08. The predicted molar refractivity (Wildman–Crippen MR) is 76.9 cm³/mol. The molecule has 0 aliphatic heterocycles. The molecular formula is C16H17NO3. The van der Waals surface area contributed by atoms with E-state index in [-0.39, 0.29) is 6.42 Å². The van der Waals surface area contributed by atoms with Gasteiger partial charge in [0.2, 0.25) is 0 Å². The third-order valence-corrected chi connectivity index (χ3v) is 2.72. The lowest BCUT2D eigenvalue weighted by molar-refractivity contribution is -0.136. The lowest BCUT2D eigenvalue weighted by atomic mass is 10.2. The third-order valence-electron chi connectivity index (χ3n) is 2.72. The first kappa shape index (κ1) is 14.1. The minimum atomic E-state index is -0.793. The van der Waals surface area contributed by atoms with Crippen molar-refractivity contribution < 1.29 is 14.6 Å². The summed E-state index contributed by atoms with van der Waals surface area (Å²) < 4.78 is 5.74. The van der Waals surface area contributed by atoms with Crippen LogP contribution in [0, 0.1) is 0 Å². The van der Waals surface area contributed by atoms with Gasteiger partial charge in [-0.25, -0.2) is 0 Å². The van der Waals surface area contributed by atoms with Crippen LogP contribution in [0.15, 0.2) is 54.6 Å². The molecule has 0 atom stereocenters. The van der Waals surface area contributed by atoms with Gasteiger partial charge in [0.1, 0.15) is 11.5 Å². The Kier molecular flexibility index (Phi) is 5.15. The van der Waals surface area contributed by atoms with Crippen LogP contribution in [0.5, 0.6) is 11.5 Å². The fourth-order valence-corrected chi connectivity index (χ4v) is 1.77. The Balaban J connectivity index is 1.89. The van der Waals surface area contributed by atoms with Crippen molar-refractivity contribution in [2.75, 3.05) is 6.54 Å². The van der Waals surface area contributed by atoms with Gasteiger partial charge < -0.3 is 15.2 Å². The van der Waals surface area contributed by atoms with E-state index in [1.807, 2.05) is 54.6 Å². The first-order chi connectivity index (χ1) is 9.74. The van der Waals surface area contributed by atoms with Crippen LogP contribution in [0.1, 0.15) is 12.0 Å². The Morgan fingerprint density at radius 2 is 1.80 bits per heavy atom. The van der Waals surface area contributed by atoms with Gasteiger partial charge in [-0.2, -0.15) is 0 Å². The molecule has 0 aliphatic rings. The van der Waals surface area contributed by atoms with Gasteiger partial charge in [-0.1, -0.05) is 30.3 Å². The van der Waals surface area contributed by atoms with E-state index < -0.39 is 5.97 Å². The molecule has 2 aromatic carbocycles. The van der Waals surface area contributed by atoms with Crippen molar-refractivity contribution in [1.82, 2.24) is 5.32 Å². The van der Waals surface area contributed by atoms with Gasteiger partial charge in [-0.15, -0.1) is 0 Å². The predicted octanol–water partition coefficient (Wildman–Crippen LogP) is 3.04. The quantitative estimate of drug-likeness (QED) is 0.760. The highest BCUT2D eigenvalue weighted by Gasteiger charge is 2.00. The van der Waals surface area contributed by atoms with Crippen molar-refractivity contribution in [2.45, 2.75) is 13.0 Å². The number of nitrogens with one attached hydrogen (secondary N) is 1. The number of hydrogen-bond acceptors (Lipinski definition) is 3. The van der Waals surface area contributed by atoms with Crippen molar-refractivity contribution in [3.05, 3.63) is 60.2 Å². The summed E-state index contributed by atoms with van der Waals surface area (Å²) in [5.41, 5.74) is 1.06. The summed E-state index contributed by atoms with van der Waals surface area (Å²) >= 11 is 0. The Labute approximate surface area is 118 Å². The zero-order valence-corrected chi connectivity index (χ0v) is 11.1. The molecule has 0 saturated heterocycles. The van der Waals surface area contributed by atoms with Crippen molar-refractivity contribution in [1.29, 1.82) is 0 Å². The molecule has 20 heavy (non-hydrogen) atoms. The van der Waals surface area contributed by atoms with E-state index in [2.05, 4.69) is 5.32 Å². The minimum Gasteiger partial charge on any atom is -0.481 e. The van der Waals surface area contributed by atoms with E-state index in [4.69, 9.17) is 9.84 Å². The summed E-state index contributed by atoms with van der Waals surface area (Å²) in [4.78, 5) is 10.4. The number of para-hydroxylation sites is 1. The van der Waals surface area contributed by atoms with Crippen LogP contribution >= 0.6 is 0 Å². The first-order valence-electron chi connectivity index (χ1n) is 6.48. The Morgan fingerprint density at radius 3 is 2.55 bits per heavy atom. The molecule has 4 nitrogen and oxygen atoms in total. The molecule has 0 fully saturated rings. The third kappa shape index (κ3) is 4.74. The number of rotatable bonds is 7. The number of carboxylic acids is 1. The monoisotopic (exact) mass is 271 g/mol. The van der Waals surface area contributed by atoms with Crippen LogP contribution in [-0.2, 0) is 11.3 Å². The number of ether oxygens (including phenoxy) is 1. The Morgan fingerprint density at radius 1 is 1.05 bits per heavy atom. The molecule has 0 saturated carbocycles. The standard InChI is InChI=1S/C16H17NO3/c18-16(19)9-10-17-12-13-5-4-8-15(11-13)20-14-6-2-1-3-7-14/h1-8,11,17H,9-10,12H2,(H,18,19). The molecule has 2 aromatic rings. The molecule has 2 rings (SSSR count). The van der Waals surface area contributed by atoms with Gasteiger partial charge in [-0.3, -0.25) is 4.79 Å². The van der Waals surface area contributed by atoms with Crippen LogP contribution in [0.3, 0.4) is 0 Å². The summed E-state index contributed by atoms with van der Waals surface area (Å²) in [7, 11) is 0. The summed E-state index contributed by atoms with van der Waals surface area (Å²) in [5, 5.41) is 11.6. The molecule has 0 unspecified atom stereocenters. The number of hydrogen-bond donors (Lipinski definition) is 2. The smallest absolute Gasteiger partial charge is 0.304 e. The number of carbonyl (C=O) groups is 1. The van der Waals surface area contributed by atoms with E-state index in [9.17, 15) is 4.79 Å². The maximum Gasteiger partial charge on any atom is 0.304 e. The zero-order valence-electron chi connectivity index (χ0n) is 11.1. The lowest BCUT2D eigenvalue weighted by Crippen LogP contribution is -2.17. The molecule has 0 spiro atoms. The lowest BCUT2D eigenvalue weighted by Gasteiger charge is -2.08. The minimum absolute atomic E-state index is 0.125. The molecular weight excluding hydrogens is 254 g/mol. The Hall–Kier alpha value is -2.33. The summed E-state index contributed by atoms with van der Waals surface area (Å²) in [6.07, 6.45) is 0.125. The first-order valence-corrected chi connectivity index (χ1v) is 6.48. The molecule has 0 bridgehead atoms. The van der Waals surface area contributed by atoms with E-state index >= 15 is 0 Å². The van der Waals surface area contributed by atoms with Crippen LogP contribution in [0.4, 0.5) is 0 Å². The van der Waals surface area contributed by atoms with Crippen molar-refractivity contribution >= 4 is 5.97 Å². The SMILES string of the molecule is O=C(O)CCNCc1cccc(Oc2ccccc2)c1. The van der Waals surface area contributed by atoms with Gasteiger partial charge in [0.15, 0.2) is 0 Å². The largest absolute Gasteiger partial charge is 0.481 e. The number of aliphatic carboxylic acids is 1. The van der Waals surface area contributed by atoms with Gasteiger partial charge in [-0.05, 0) is 29.8 Å². The normalized spacial score (nSPS) is 10.2. The molecule has 0 heterocycles. The van der Waals surface area contributed by atoms with Crippen LogP contribution in [-0.4, -0.2) is 17.6 Å². The number of benzene rings is 2. The van der Waals surface area contributed by atoms with E-state index in [1.165, 1.54) is 0 Å². The van der Waals surface area contributed by atoms with Crippen LogP contribution < -0.4 is 10.1 Å². The second-order valence-electron chi connectivity index (χ2n) is 4.38. The van der Waals surface area contributed by atoms with E-state index in [0.29, 0.717) is 13.1 Å². The van der Waals surface area contributed by atoms with Crippen molar-refractivity contribution in [3.63, 3.8) is 0 Å². The van der Waals surface area contributed by atoms with Gasteiger partial charge in [0.05, 0.1) is 6.42 Å². The average Bonchev–Trinajstić information content (AvgIpc) is 2.45. The topological polar surface area (TPSA) is 58.6 Å². The van der Waals surface area contributed by atoms with E-state index in [0.717, 1.165) is 17.1 Å². The van der Waals surface area contributed by atoms with E-state index in [1.54, 1.807) is 0 Å². The molecule has 104 valence electrons. The maximum atomic E-state index is 10.4. The van der Waals surface area contributed by atoms with Gasteiger partial charge in [0, 0.05) is 13.1 Å². The molecule has 0 aromatic heterocycles. The molecule has 0 amide bonds. The summed E-state index contributed by atoms with van der Waals surface area (Å²) in [6, 6.07) is 17.3. The van der Waals surface area contributed by atoms with Crippen LogP contribution in [0.25, 0.3) is 0 Å². The number of carboxylic acid groups (broad SMARTS) is 1. The Bertz CT molecular complexity index is 555. The second kappa shape index (κ2) is 7.31. The average molecular weight is 271 g/mol. The van der Waals surface area contributed by atoms with Gasteiger partial charge >= 0.3 is 5.97 Å². The van der Waals surface area contributed by atoms with Crippen molar-refractivity contribution in [3.8, 4) is 11.5 Å². The molecule has 2 N–H and O–H groups in total. The summed E-state index contributed by atoms with van der Waals surface area (Å²) in [5.74, 6) is 0.774. The molecule has 4 heteroatoms. The molecule has 0 radical (unpaired) electrons. The van der Waals surface area contributed by atoms with Crippen molar-refractivity contribution in [2.24, 2.45) is 0 Å².